The average molecular weight is 233 g/mol. The normalized spacial score (nSPS) is 12.6. The van der Waals surface area contributed by atoms with Gasteiger partial charge < -0.3 is 9.88 Å². The molecule has 0 radical (unpaired) electrons. The lowest BCUT2D eigenvalue weighted by Gasteiger charge is -2.15. The van der Waals surface area contributed by atoms with Crippen molar-refractivity contribution in [3.8, 4) is 0 Å². The molecule has 0 bridgehead atoms. The molecule has 0 spiro atoms. The van der Waals surface area contributed by atoms with Gasteiger partial charge in [-0.1, -0.05) is 18.2 Å². The molecule has 1 aromatic carbocycles. The molecule has 0 aliphatic rings. The zero-order valence-corrected chi connectivity index (χ0v) is 9.81. The number of halogens is 1. The van der Waals surface area contributed by atoms with Crippen LogP contribution >= 0.6 is 0 Å². The number of hydrogen-bond acceptors (Lipinski definition) is 2. The van der Waals surface area contributed by atoms with Crippen molar-refractivity contribution in [1.82, 2.24) is 14.9 Å². The maximum absolute atomic E-state index is 13.5. The molecule has 1 aromatic heterocycles. The Morgan fingerprint density at radius 1 is 1.41 bits per heavy atom. The van der Waals surface area contributed by atoms with E-state index >= 15 is 0 Å². The maximum Gasteiger partial charge on any atom is 0.127 e. The predicted octanol–water partition coefficient (Wildman–Crippen LogP) is 2.37. The van der Waals surface area contributed by atoms with Gasteiger partial charge in [-0.05, 0) is 13.0 Å². The molecule has 0 saturated heterocycles. The van der Waals surface area contributed by atoms with Crippen LogP contribution in [0.15, 0.2) is 43.0 Å². The third kappa shape index (κ3) is 3.14. The molecule has 2 rings (SSSR count). The zero-order chi connectivity index (χ0) is 12.1. The second-order valence-electron chi connectivity index (χ2n) is 4.00. The molecule has 0 saturated carbocycles. The fourth-order valence-corrected chi connectivity index (χ4v) is 1.77. The van der Waals surface area contributed by atoms with Crippen LogP contribution in [0.25, 0.3) is 0 Å². The van der Waals surface area contributed by atoms with Crippen molar-refractivity contribution in [1.29, 1.82) is 0 Å². The highest BCUT2D eigenvalue weighted by Crippen LogP contribution is 2.15. The van der Waals surface area contributed by atoms with Crippen LogP contribution in [-0.2, 0) is 6.54 Å². The maximum atomic E-state index is 13.5. The molecular formula is C13H16FN3. The summed E-state index contributed by atoms with van der Waals surface area (Å²) in [4.78, 5) is 3.97. The lowest BCUT2D eigenvalue weighted by Crippen LogP contribution is -2.23. The standard InChI is InChI=1S/C13H16FN3/c1-11(12-4-2-3-5-13(12)14)16-7-9-17-8-6-15-10-17/h2-6,8,10-11,16H,7,9H2,1H3. The third-order valence-electron chi connectivity index (χ3n) is 2.75. The van der Waals surface area contributed by atoms with E-state index in [1.54, 1.807) is 18.6 Å². The van der Waals surface area contributed by atoms with Gasteiger partial charge in [-0.25, -0.2) is 9.37 Å². The van der Waals surface area contributed by atoms with Crippen LogP contribution in [0.4, 0.5) is 4.39 Å². The highest BCUT2D eigenvalue weighted by Gasteiger charge is 2.08. The Labute approximate surface area is 100 Å². The molecule has 0 amide bonds. The molecule has 4 heteroatoms. The SMILES string of the molecule is CC(NCCn1ccnc1)c1ccccc1F. The number of aromatic nitrogens is 2. The topological polar surface area (TPSA) is 29.9 Å². The Hall–Kier alpha value is -1.68. The number of nitrogens with one attached hydrogen (secondary N) is 1. The number of rotatable bonds is 5. The van der Waals surface area contributed by atoms with Gasteiger partial charge in [0.05, 0.1) is 6.33 Å². The fourth-order valence-electron chi connectivity index (χ4n) is 1.77. The molecule has 0 aliphatic heterocycles. The summed E-state index contributed by atoms with van der Waals surface area (Å²) in [6.07, 6.45) is 5.44. The summed E-state index contributed by atoms with van der Waals surface area (Å²) in [5, 5.41) is 3.29. The van der Waals surface area contributed by atoms with Gasteiger partial charge in [0.25, 0.3) is 0 Å². The van der Waals surface area contributed by atoms with Crippen LogP contribution in [-0.4, -0.2) is 16.1 Å². The van der Waals surface area contributed by atoms with E-state index in [1.165, 1.54) is 6.07 Å². The Morgan fingerprint density at radius 2 is 2.24 bits per heavy atom. The molecule has 1 N–H and O–H groups in total. The van der Waals surface area contributed by atoms with Crippen LogP contribution in [0.5, 0.6) is 0 Å². The van der Waals surface area contributed by atoms with E-state index in [9.17, 15) is 4.39 Å². The fraction of sp³-hybridized carbons (Fsp3) is 0.308. The van der Waals surface area contributed by atoms with E-state index in [2.05, 4.69) is 10.3 Å². The van der Waals surface area contributed by atoms with Crippen molar-refractivity contribution in [2.24, 2.45) is 0 Å². The highest BCUT2D eigenvalue weighted by molar-refractivity contribution is 5.20. The molecule has 3 nitrogen and oxygen atoms in total. The summed E-state index contributed by atoms with van der Waals surface area (Å²) in [7, 11) is 0. The lowest BCUT2D eigenvalue weighted by molar-refractivity contribution is 0.505. The van der Waals surface area contributed by atoms with Gasteiger partial charge in [-0.2, -0.15) is 0 Å². The van der Waals surface area contributed by atoms with E-state index in [-0.39, 0.29) is 11.9 Å². The van der Waals surface area contributed by atoms with Crippen LogP contribution in [0.2, 0.25) is 0 Å². The van der Waals surface area contributed by atoms with E-state index in [0.717, 1.165) is 13.1 Å². The minimum Gasteiger partial charge on any atom is -0.336 e. The summed E-state index contributed by atoms with van der Waals surface area (Å²) in [5.41, 5.74) is 0.707. The molecule has 0 aliphatic carbocycles. The van der Waals surface area contributed by atoms with E-state index in [4.69, 9.17) is 0 Å². The lowest BCUT2D eigenvalue weighted by atomic mass is 10.1. The Morgan fingerprint density at radius 3 is 2.94 bits per heavy atom. The zero-order valence-electron chi connectivity index (χ0n) is 9.81. The van der Waals surface area contributed by atoms with Crippen molar-refractivity contribution >= 4 is 0 Å². The summed E-state index contributed by atoms with van der Waals surface area (Å²) in [6, 6.07) is 6.87. The number of imidazole rings is 1. The van der Waals surface area contributed by atoms with Crippen LogP contribution < -0.4 is 5.32 Å². The van der Waals surface area contributed by atoms with E-state index in [1.807, 2.05) is 29.8 Å². The molecular weight excluding hydrogens is 217 g/mol. The molecule has 2 aromatic rings. The smallest absolute Gasteiger partial charge is 0.127 e. The Balaban J connectivity index is 1.85. The van der Waals surface area contributed by atoms with Crippen LogP contribution in [0.3, 0.4) is 0 Å². The van der Waals surface area contributed by atoms with Crippen molar-refractivity contribution in [2.75, 3.05) is 6.54 Å². The van der Waals surface area contributed by atoms with Crippen LogP contribution in [0, 0.1) is 5.82 Å². The second kappa shape index (κ2) is 5.59. The number of benzene rings is 1. The van der Waals surface area contributed by atoms with E-state index < -0.39 is 0 Å². The molecule has 17 heavy (non-hydrogen) atoms. The van der Waals surface area contributed by atoms with Crippen molar-refractivity contribution in [2.45, 2.75) is 19.5 Å². The second-order valence-corrected chi connectivity index (χ2v) is 4.00. The molecule has 1 heterocycles. The first-order valence-electron chi connectivity index (χ1n) is 5.71. The summed E-state index contributed by atoms with van der Waals surface area (Å²) in [5.74, 6) is -0.157. The monoisotopic (exact) mass is 233 g/mol. The summed E-state index contributed by atoms with van der Waals surface area (Å²) < 4.78 is 15.5. The van der Waals surface area contributed by atoms with Gasteiger partial charge in [0, 0.05) is 37.1 Å². The van der Waals surface area contributed by atoms with Crippen molar-refractivity contribution in [3.05, 3.63) is 54.4 Å². The van der Waals surface area contributed by atoms with Gasteiger partial charge in [0.1, 0.15) is 5.82 Å². The van der Waals surface area contributed by atoms with Gasteiger partial charge in [0.2, 0.25) is 0 Å². The van der Waals surface area contributed by atoms with Crippen molar-refractivity contribution < 1.29 is 4.39 Å². The predicted molar refractivity (Wildman–Crippen MR) is 65.0 cm³/mol. The van der Waals surface area contributed by atoms with Gasteiger partial charge in [-0.3, -0.25) is 0 Å². The highest BCUT2D eigenvalue weighted by atomic mass is 19.1. The Kier molecular flexibility index (Phi) is 3.88. The van der Waals surface area contributed by atoms with Crippen molar-refractivity contribution in [3.63, 3.8) is 0 Å². The summed E-state index contributed by atoms with van der Waals surface area (Å²) >= 11 is 0. The molecule has 90 valence electrons. The molecule has 0 fully saturated rings. The van der Waals surface area contributed by atoms with Crippen LogP contribution in [0.1, 0.15) is 18.5 Å². The van der Waals surface area contributed by atoms with Gasteiger partial charge in [0.15, 0.2) is 0 Å². The Bertz CT molecular complexity index is 453. The molecule has 1 atom stereocenters. The first-order valence-corrected chi connectivity index (χ1v) is 5.71. The van der Waals surface area contributed by atoms with Gasteiger partial charge >= 0.3 is 0 Å². The number of nitrogens with zero attached hydrogens (tertiary/aromatic N) is 2. The largest absolute Gasteiger partial charge is 0.336 e. The third-order valence-corrected chi connectivity index (χ3v) is 2.75. The average Bonchev–Trinajstić information content (AvgIpc) is 2.82. The first-order chi connectivity index (χ1) is 8.27. The number of hydrogen-bond donors (Lipinski definition) is 1. The van der Waals surface area contributed by atoms with Gasteiger partial charge in [-0.15, -0.1) is 0 Å². The minimum atomic E-state index is -0.157. The summed E-state index contributed by atoms with van der Waals surface area (Å²) in [6.45, 7) is 3.58. The molecule has 1 unspecified atom stereocenters. The first kappa shape index (κ1) is 11.8. The quantitative estimate of drug-likeness (QED) is 0.859. The minimum absolute atomic E-state index is 0.0136. The van der Waals surface area contributed by atoms with E-state index in [0.29, 0.717) is 5.56 Å².